The fourth-order valence-corrected chi connectivity index (χ4v) is 4.39. The third-order valence-corrected chi connectivity index (χ3v) is 6.36. The summed E-state index contributed by atoms with van der Waals surface area (Å²) in [6.45, 7) is 2.82. The highest BCUT2D eigenvalue weighted by atomic mass is 16.2. The second-order valence-corrected chi connectivity index (χ2v) is 9.03. The first-order valence-electron chi connectivity index (χ1n) is 11.9. The highest BCUT2D eigenvalue weighted by Crippen LogP contribution is 2.28. The van der Waals surface area contributed by atoms with E-state index >= 15 is 0 Å². The molecule has 2 amide bonds. The zero-order chi connectivity index (χ0) is 23.2. The summed E-state index contributed by atoms with van der Waals surface area (Å²) in [5, 5.41) is 10.6. The molecule has 0 radical (unpaired) electrons. The van der Waals surface area contributed by atoms with Crippen molar-refractivity contribution in [1.82, 2.24) is 15.3 Å². The van der Waals surface area contributed by atoms with Crippen molar-refractivity contribution in [3.05, 3.63) is 54.1 Å². The normalized spacial score (nSPS) is 18.0. The largest absolute Gasteiger partial charge is 0.362 e. The van der Waals surface area contributed by atoms with Crippen molar-refractivity contribution >= 4 is 34.4 Å². The van der Waals surface area contributed by atoms with Crippen molar-refractivity contribution in [1.29, 1.82) is 0 Å². The van der Waals surface area contributed by atoms with E-state index < -0.39 is 0 Å². The summed E-state index contributed by atoms with van der Waals surface area (Å²) in [6.07, 6.45) is 5.21. The molecule has 7 heteroatoms. The van der Waals surface area contributed by atoms with Crippen LogP contribution in [0.3, 0.4) is 0 Å². The minimum absolute atomic E-state index is 0.139. The van der Waals surface area contributed by atoms with Crippen LogP contribution in [0.25, 0.3) is 10.9 Å². The van der Waals surface area contributed by atoms with E-state index in [-0.39, 0.29) is 6.03 Å². The van der Waals surface area contributed by atoms with Gasteiger partial charge in [0.05, 0.1) is 5.52 Å². The summed E-state index contributed by atoms with van der Waals surface area (Å²) in [7, 11) is 4.01. The van der Waals surface area contributed by atoms with E-state index in [9.17, 15) is 4.79 Å². The van der Waals surface area contributed by atoms with Gasteiger partial charge >= 0.3 is 6.03 Å². The summed E-state index contributed by atoms with van der Waals surface area (Å²) in [5.74, 6) is 2.11. The van der Waals surface area contributed by atoms with Crippen LogP contribution in [0.1, 0.15) is 38.2 Å². The third kappa shape index (κ3) is 5.92. The van der Waals surface area contributed by atoms with Gasteiger partial charge in [0.25, 0.3) is 0 Å². The summed E-state index contributed by atoms with van der Waals surface area (Å²) >= 11 is 0. The van der Waals surface area contributed by atoms with E-state index in [1.165, 1.54) is 5.56 Å². The van der Waals surface area contributed by atoms with Crippen molar-refractivity contribution < 1.29 is 4.79 Å². The van der Waals surface area contributed by atoms with Gasteiger partial charge in [-0.3, -0.25) is 0 Å². The van der Waals surface area contributed by atoms with Crippen molar-refractivity contribution in [2.45, 2.75) is 45.1 Å². The Morgan fingerprint density at radius 2 is 1.73 bits per heavy atom. The van der Waals surface area contributed by atoms with Gasteiger partial charge < -0.3 is 20.9 Å². The number of anilines is 3. The lowest BCUT2D eigenvalue weighted by Gasteiger charge is -2.29. The topological polar surface area (TPSA) is 82.2 Å². The number of hydrogen-bond donors (Lipinski definition) is 3. The second-order valence-electron chi connectivity index (χ2n) is 9.03. The monoisotopic (exact) mass is 446 g/mol. The standard InChI is InChI=1S/C26H34N6O/c1-4-18-9-13-21(14-10-18)29-26(33)27-17-19-11-15-20(16-12-19)28-25-30-23-8-6-5-7-22(23)24(31-25)32(2)3/h5-10,13-14,19-20H,4,11-12,15-17H2,1-3H3,(H2,27,29,33)(H,28,30,31). The number of rotatable bonds is 7. The number of nitrogens with one attached hydrogen (secondary N) is 3. The number of carbonyl (C=O) groups is 1. The number of nitrogens with zero attached hydrogens (tertiary/aromatic N) is 3. The molecule has 0 spiro atoms. The molecule has 7 nitrogen and oxygen atoms in total. The van der Waals surface area contributed by atoms with Crippen molar-refractivity contribution in [3.63, 3.8) is 0 Å². The molecule has 1 fully saturated rings. The summed E-state index contributed by atoms with van der Waals surface area (Å²) in [4.78, 5) is 23.8. The predicted octanol–water partition coefficient (Wildman–Crippen LogP) is 5.05. The number of aryl methyl sites for hydroxylation is 1. The number of hydrogen-bond acceptors (Lipinski definition) is 5. The van der Waals surface area contributed by atoms with Gasteiger partial charge in [-0.15, -0.1) is 0 Å². The maximum absolute atomic E-state index is 12.3. The van der Waals surface area contributed by atoms with E-state index in [4.69, 9.17) is 9.97 Å². The van der Waals surface area contributed by atoms with E-state index in [0.717, 1.165) is 54.5 Å². The lowest BCUT2D eigenvalue weighted by Crippen LogP contribution is -2.36. The smallest absolute Gasteiger partial charge is 0.319 e. The van der Waals surface area contributed by atoms with E-state index in [1.54, 1.807) is 0 Å². The molecule has 1 saturated carbocycles. The predicted molar refractivity (Wildman–Crippen MR) is 136 cm³/mol. The van der Waals surface area contributed by atoms with Gasteiger partial charge in [0.15, 0.2) is 0 Å². The summed E-state index contributed by atoms with van der Waals surface area (Å²) in [5.41, 5.74) is 3.04. The second kappa shape index (κ2) is 10.5. The Labute approximate surface area is 196 Å². The lowest BCUT2D eigenvalue weighted by atomic mass is 9.86. The Morgan fingerprint density at radius 3 is 2.42 bits per heavy atom. The average Bonchev–Trinajstić information content (AvgIpc) is 2.83. The molecular weight excluding hydrogens is 412 g/mol. The van der Waals surface area contributed by atoms with Crippen LogP contribution >= 0.6 is 0 Å². The zero-order valence-electron chi connectivity index (χ0n) is 19.8. The Hall–Kier alpha value is -3.35. The molecule has 2 aromatic carbocycles. The average molecular weight is 447 g/mol. The van der Waals surface area contributed by atoms with Crippen LogP contribution in [-0.4, -0.2) is 42.7 Å². The molecule has 33 heavy (non-hydrogen) atoms. The first kappa shape index (κ1) is 22.8. The van der Waals surface area contributed by atoms with Crippen molar-refractivity contribution in [2.24, 2.45) is 5.92 Å². The van der Waals surface area contributed by atoms with Gasteiger partial charge in [-0.05, 0) is 67.9 Å². The minimum Gasteiger partial charge on any atom is -0.362 e. The fraction of sp³-hybridized carbons (Fsp3) is 0.423. The van der Waals surface area contributed by atoms with Gasteiger partial charge in [0.2, 0.25) is 5.95 Å². The van der Waals surface area contributed by atoms with Crippen LogP contribution in [0.15, 0.2) is 48.5 Å². The molecule has 3 aromatic rings. The number of benzene rings is 2. The number of carbonyl (C=O) groups excluding carboxylic acids is 1. The Morgan fingerprint density at radius 1 is 1.00 bits per heavy atom. The van der Waals surface area contributed by atoms with Crippen LogP contribution in [0, 0.1) is 5.92 Å². The SMILES string of the molecule is CCc1ccc(NC(=O)NCC2CCC(Nc3nc(N(C)C)c4ccccc4n3)CC2)cc1. The number of aromatic nitrogens is 2. The lowest BCUT2D eigenvalue weighted by molar-refractivity contribution is 0.246. The van der Waals surface area contributed by atoms with Crippen LogP contribution in [-0.2, 0) is 6.42 Å². The van der Waals surface area contributed by atoms with Gasteiger partial charge in [-0.25, -0.2) is 9.78 Å². The highest BCUT2D eigenvalue weighted by molar-refractivity contribution is 5.90. The molecule has 3 N–H and O–H groups in total. The molecule has 1 aliphatic rings. The van der Waals surface area contributed by atoms with Crippen LogP contribution in [0.5, 0.6) is 0 Å². The molecule has 0 atom stereocenters. The first-order valence-corrected chi connectivity index (χ1v) is 11.9. The highest BCUT2D eigenvalue weighted by Gasteiger charge is 2.22. The molecule has 0 saturated heterocycles. The molecule has 0 bridgehead atoms. The number of para-hydroxylation sites is 1. The van der Waals surface area contributed by atoms with Gasteiger partial charge in [-0.2, -0.15) is 4.98 Å². The van der Waals surface area contributed by atoms with Crippen molar-refractivity contribution in [3.8, 4) is 0 Å². The van der Waals surface area contributed by atoms with Crippen molar-refractivity contribution in [2.75, 3.05) is 36.2 Å². The maximum atomic E-state index is 12.3. The van der Waals surface area contributed by atoms with Gasteiger partial charge in [-0.1, -0.05) is 31.2 Å². The Kier molecular flexibility index (Phi) is 7.27. The number of fused-ring (bicyclic) bond motifs is 1. The molecule has 1 aliphatic carbocycles. The molecular formula is C26H34N6O. The number of urea groups is 1. The molecule has 0 unspecified atom stereocenters. The molecule has 0 aliphatic heterocycles. The first-order chi connectivity index (χ1) is 16.0. The van der Waals surface area contributed by atoms with Gasteiger partial charge in [0, 0.05) is 37.8 Å². The third-order valence-electron chi connectivity index (χ3n) is 6.36. The molecule has 4 rings (SSSR count). The maximum Gasteiger partial charge on any atom is 0.319 e. The molecule has 1 heterocycles. The number of amides is 2. The quantitative estimate of drug-likeness (QED) is 0.473. The molecule has 1 aromatic heterocycles. The minimum atomic E-state index is -0.139. The van der Waals surface area contributed by atoms with Crippen LogP contribution in [0.2, 0.25) is 0 Å². The Balaban J connectivity index is 1.25. The summed E-state index contributed by atoms with van der Waals surface area (Å²) in [6, 6.07) is 16.3. The van der Waals surface area contributed by atoms with E-state index in [1.807, 2.05) is 61.5 Å². The van der Waals surface area contributed by atoms with Crippen LogP contribution < -0.4 is 20.9 Å². The summed E-state index contributed by atoms with van der Waals surface area (Å²) < 4.78 is 0. The van der Waals surface area contributed by atoms with Gasteiger partial charge in [0.1, 0.15) is 5.82 Å². The molecule has 174 valence electrons. The zero-order valence-corrected chi connectivity index (χ0v) is 19.8. The fourth-order valence-electron chi connectivity index (χ4n) is 4.39. The van der Waals surface area contributed by atoms with E-state index in [0.29, 0.717) is 24.5 Å². The van der Waals surface area contributed by atoms with E-state index in [2.05, 4.69) is 28.9 Å². The Bertz CT molecular complexity index is 1070. The van der Waals surface area contributed by atoms with Crippen LogP contribution in [0.4, 0.5) is 22.2 Å².